The molecule has 5 rings (SSSR count). The molecule has 2 aliphatic carbocycles. The van der Waals surface area contributed by atoms with E-state index in [2.05, 4.69) is 35.4 Å². The molecule has 0 spiro atoms. The van der Waals surface area contributed by atoms with Crippen LogP contribution in [0.5, 0.6) is 5.75 Å². The Morgan fingerprint density at radius 1 is 0.974 bits per heavy atom. The average Bonchev–Trinajstić information content (AvgIpc) is 2.97. The fraction of sp³-hybridized carbons (Fsp3) is 0.485. The van der Waals surface area contributed by atoms with Crippen LogP contribution in [-0.2, 0) is 9.53 Å². The third-order valence-electron chi connectivity index (χ3n) is 9.13. The third kappa shape index (κ3) is 5.80. The van der Waals surface area contributed by atoms with Gasteiger partial charge in [0, 0.05) is 17.0 Å². The standard InChI is InChI=1S/C33H40N2O4/c1-22-19-25(12-14-29(22)38-2)24-9-7-23(8-10-24)21-33(16-5-4-6-17-33)32(37)35-30-28-13-11-27(31(36)39-3)20-26(28)15-18-34-30/h11-15,18-20,23-24H,4-10,16-17,21H2,1-3H3,(H,34,35,37). The van der Waals surface area contributed by atoms with Gasteiger partial charge in [0.25, 0.3) is 0 Å². The van der Waals surface area contributed by atoms with Gasteiger partial charge in [-0.2, -0.15) is 0 Å². The van der Waals surface area contributed by atoms with Crippen LogP contribution in [0.25, 0.3) is 10.8 Å². The van der Waals surface area contributed by atoms with Gasteiger partial charge in [-0.25, -0.2) is 9.78 Å². The quantitative estimate of drug-likeness (QED) is 0.320. The molecule has 3 aromatic rings. The molecule has 6 nitrogen and oxygen atoms in total. The van der Waals surface area contributed by atoms with E-state index >= 15 is 0 Å². The predicted octanol–water partition coefficient (Wildman–Crippen LogP) is 7.59. The van der Waals surface area contributed by atoms with Crippen molar-refractivity contribution in [2.45, 2.75) is 77.0 Å². The highest BCUT2D eigenvalue weighted by atomic mass is 16.5. The highest BCUT2D eigenvalue weighted by Crippen LogP contribution is 2.47. The molecule has 39 heavy (non-hydrogen) atoms. The molecular weight excluding hydrogens is 488 g/mol. The van der Waals surface area contributed by atoms with E-state index in [4.69, 9.17) is 9.47 Å². The molecule has 1 aromatic heterocycles. The van der Waals surface area contributed by atoms with Gasteiger partial charge < -0.3 is 14.8 Å². The van der Waals surface area contributed by atoms with Gasteiger partial charge >= 0.3 is 5.97 Å². The summed E-state index contributed by atoms with van der Waals surface area (Å²) in [5.41, 5.74) is 2.74. The minimum Gasteiger partial charge on any atom is -0.496 e. The second kappa shape index (κ2) is 11.8. The minimum absolute atomic E-state index is 0.104. The number of rotatable bonds is 7. The Kier molecular flexibility index (Phi) is 8.20. The van der Waals surface area contributed by atoms with Crippen molar-refractivity contribution < 1.29 is 19.1 Å². The van der Waals surface area contributed by atoms with E-state index in [1.807, 2.05) is 12.1 Å². The van der Waals surface area contributed by atoms with Gasteiger partial charge in [-0.3, -0.25) is 4.79 Å². The van der Waals surface area contributed by atoms with Gasteiger partial charge in [-0.05, 0) is 111 Å². The van der Waals surface area contributed by atoms with E-state index in [0.717, 1.165) is 61.5 Å². The second-order valence-corrected chi connectivity index (χ2v) is 11.5. The SMILES string of the molecule is COC(=O)c1ccc2c(NC(=O)C3(CC4CCC(c5ccc(OC)c(C)c5)CC4)CCCCC3)nccc2c1. The number of carbonyl (C=O) groups excluding carboxylic acids is 2. The highest BCUT2D eigenvalue weighted by Gasteiger charge is 2.42. The summed E-state index contributed by atoms with van der Waals surface area (Å²) in [6, 6.07) is 13.8. The molecule has 2 aliphatic rings. The topological polar surface area (TPSA) is 77.5 Å². The second-order valence-electron chi connectivity index (χ2n) is 11.5. The van der Waals surface area contributed by atoms with Crippen LogP contribution < -0.4 is 10.1 Å². The maximum Gasteiger partial charge on any atom is 0.337 e. The number of fused-ring (bicyclic) bond motifs is 1. The van der Waals surface area contributed by atoms with Gasteiger partial charge in [0.2, 0.25) is 5.91 Å². The Hall–Kier alpha value is -3.41. The average molecular weight is 529 g/mol. The normalized spacial score (nSPS) is 20.8. The molecule has 2 aromatic carbocycles. The monoisotopic (exact) mass is 528 g/mol. The van der Waals surface area contributed by atoms with E-state index in [9.17, 15) is 9.59 Å². The van der Waals surface area contributed by atoms with Crippen LogP contribution in [0.1, 0.15) is 91.6 Å². The number of aromatic nitrogens is 1. The van der Waals surface area contributed by atoms with E-state index in [1.54, 1.807) is 25.4 Å². The molecule has 2 fully saturated rings. The van der Waals surface area contributed by atoms with Crippen molar-refractivity contribution in [3.63, 3.8) is 0 Å². The molecule has 1 heterocycles. The molecule has 1 N–H and O–H groups in total. The third-order valence-corrected chi connectivity index (χ3v) is 9.13. The van der Waals surface area contributed by atoms with Gasteiger partial charge in [-0.15, -0.1) is 0 Å². The Bertz CT molecular complexity index is 1340. The van der Waals surface area contributed by atoms with Gasteiger partial charge in [0.15, 0.2) is 0 Å². The largest absolute Gasteiger partial charge is 0.496 e. The van der Waals surface area contributed by atoms with Crippen molar-refractivity contribution in [2.24, 2.45) is 11.3 Å². The van der Waals surface area contributed by atoms with Crippen LogP contribution in [0.15, 0.2) is 48.7 Å². The zero-order valence-electron chi connectivity index (χ0n) is 23.4. The van der Waals surface area contributed by atoms with Crippen LogP contribution >= 0.6 is 0 Å². The zero-order chi connectivity index (χ0) is 27.4. The summed E-state index contributed by atoms with van der Waals surface area (Å²) in [7, 11) is 3.10. The summed E-state index contributed by atoms with van der Waals surface area (Å²) >= 11 is 0. The number of pyridine rings is 1. The fourth-order valence-electron chi connectivity index (χ4n) is 6.92. The number of nitrogens with zero attached hydrogens (tertiary/aromatic N) is 1. The molecule has 0 atom stereocenters. The van der Waals surface area contributed by atoms with Crippen molar-refractivity contribution in [1.29, 1.82) is 0 Å². The molecule has 1 amide bonds. The lowest BCUT2D eigenvalue weighted by Crippen LogP contribution is -2.40. The van der Waals surface area contributed by atoms with Crippen LogP contribution in [-0.4, -0.2) is 31.1 Å². The molecule has 6 heteroatoms. The lowest BCUT2D eigenvalue weighted by molar-refractivity contribution is -0.129. The molecule has 206 valence electrons. The van der Waals surface area contributed by atoms with E-state index < -0.39 is 0 Å². The fourth-order valence-corrected chi connectivity index (χ4v) is 6.92. The minimum atomic E-state index is -0.377. The molecule has 0 bridgehead atoms. The number of esters is 1. The Labute approximate surface area is 231 Å². The van der Waals surface area contributed by atoms with Crippen molar-refractivity contribution in [3.8, 4) is 5.75 Å². The van der Waals surface area contributed by atoms with Gasteiger partial charge in [0.1, 0.15) is 11.6 Å². The van der Waals surface area contributed by atoms with E-state index in [0.29, 0.717) is 23.2 Å². The van der Waals surface area contributed by atoms with Crippen molar-refractivity contribution in [2.75, 3.05) is 19.5 Å². The summed E-state index contributed by atoms with van der Waals surface area (Å²) < 4.78 is 10.3. The Balaban J connectivity index is 1.29. The van der Waals surface area contributed by atoms with Gasteiger partial charge in [-0.1, -0.05) is 31.4 Å². The number of hydrogen-bond acceptors (Lipinski definition) is 5. The number of aryl methyl sites for hydroxylation is 1. The van der Waals surface area contributed by atoms with E-state index in [-0.39, 0.29) is 17.3 Å². The molecular formula is C33H40N2O4. The van der Waals surface area contributed by atoms with Crippen molar-refractivity contribution >= 4 is 28.5 Å². The number of anilines is 1. The predicted molar refractivity (Wildman–Crippen MR) is 154 cm³/mol. The zero-order valence-corrected chi connectivity index (χ0v) is 23.4. The lowest BCUT2D eigenvalue weighted by Gasteiger charge is -2.40. The summed E-state index contributed by atoms with van der Waals surface area (Å²) in [6.45, 7) is 2.11. The smallest absolute Gasteiger partial charge is 0.337 e. The van der Waals surface area contributed by atoms with E-state index in [1.165, 1.54) is 37.5 Å². The first-order valence-corrected chi connectivity index (χ1v) is 14.4. The number of ether oxygens (including phenoxy) is 2. The molecule has 2 saturated carbocycles. The first-order chi connectivity index (χ1) is 18.9. The lowest BCUT2D eigenvalue weighted by atomic mass is 9.65. The summed E-state index contributed by atoms with van der Waals surface area (Å²) in [6.07, 6.45) is 12.6. The van der Waals surface area contributed by atoms with Gasteiger partial charge in [0.05, 0.1) is 19.8 Å². The molecule has 0 saturated heterocycles. The first-order valence-electron chi connectivity index (χ1n) is 14.4. The van der Waals surface area contributed by atoms with Crippen LogP contribution in [0.3, 0.4) is 0 Å². The van der Waals surface area contributed by atoms with Crippen molar-refractivity contribution in [1.82, 2.24) is 4.98 Å². The molecule has 0 aliphatic heterocycles. The number of amides is 1. The number of carbonyl (C=O) groups is 2. The maximum absolute atomic E-state index is 14.0. The molecule has 0 unspecified atom stereocenters. The van der Waals surface area contributed by atoms with Crippen molar-refractivity contribution in [3.05, 3.63) is 65.4 Å². The number of nitrogens with one attached hydrogen (secondary N) is 1. The Morgan fingerprint density at radius 3 is 2.44 bits per heavy atom. The summed E-state index contributed by atoms with van der Waals surface area (Å²) in [4.78, 5) is 30.5. The summed E-state index contributed by atoms with van der Waals surface area (Å²) in [5, 5.41) is 4.91. The number of benzene rings is 2. The van der Waals surface area contributed by atoms with Crippen LogP contribution in [0.2, 0.25) is 0 Å². The molecule has 0 radical (unpaired) electrons. The maximum atomic E-state index is 14.0. The first kappa shape index (κ1) is 27.2. The summed E-state index contributed by atoms with van der Waals surface area (Å²) in [5.74, 6) is 2.38. The number of hydrogen-bond donors (Lipinski definition) is 1. The highest BCUT2D eigenvalue weighted by molar-refractivity contribution is 6.04. The number of methoxy groups -OCH3 is 2. The van der Waals surface area contributed by atoms with Crippen LogP contribution in [0.4, 0.5) is 5.82 Å². The van der Waals surface area contributed by atoms with Crippen LogP contribution in [0, 0.1) is 18.3 Å². The Morgan fingerprint density at radius 2 is 1.74 bits per heavy atom.